The molecule has 0 amide bonds. The molecule has 2 aliphatic carbocycles. The third kappa shape index (κ3) is 8.81. The van der Waals surface area contributed by atoms with Gasteiger partial charge in [-0.1, -0.05) is 93.4 Å². The van der Waals surface area contributed by atoms with Crippen molar-refractivity contribution >= 4 is 22.8 Å². The van der Waals surface area contributed by atoms with Crippen molar-refractivity contribution in [3.8, 4) is 0 Å². The first-order valence-corrected chi connectivity index (χ1v) is 21.4. The first-order chi connectivity index (χ1) is 18.1. The highest BCUT2D eigenvalue weighted by molar-refractivity contribution is 6.74. The van der Waals surface area contributed by atoms with Gasteiger partial charge >= 0.3 is 6.16 Å². The van der Waals surface area contributed by atoms with Crippen LogP contribution in [0.5, 0.6) is 0 Å². The number of unbranched alkanes of at least 4 members (excludes halogenated alkanes) is 1. The predicted molar refractivity (Wildman–Crippen MR) is 173 cm³/mol. The van der Waals surface area contributed by atoms with Crippen molar-refractivity contribution in [3.05, 3.63) is 23.8 Å². The monoisotopic (exact) mass is 594 g/mol. The summed E-state index contributed by atoms with van der Waals surface area (Å²) >= 11 is 0. The first kappa shape index (κ1) is 35.3. The Labute approximate surface area is 249 Å². The SMILES string of the molecule is CCCCC(C)(C)[C@H](/C=C/[C@H]1[C@H]2CC(COC(=O)OC)=C[C@H]2C[C@H]1O[Si](C)(C)C(C)(C)C)O[Si](C)(C)C(C)(C)C. The molecule has 0 aromatic carbocycles. The lowest BCUT2D eigenvalue weighted by atomic mass is 9.80. The molecule has 0 aliphatic heterocycles. The number of methoxy groups -OCH3 is 1. The van der Waals surface area contributed by atoms with Gasteiger partial charge in [0.05, 0.1) is 19.3 Å². The van der Waals surface area contributed by atoms with Crippen LogP contribution in [0.3, 0.4) is 0 Å². The zero-order chi connectivity index (χ0) is 30.7. The zero-order valence-corrected chi connectivity index (χ0v) is 30.4. The summed E-state index contributed by atoms with van der Waals surface area (Å²) in [6.45, 7) is 30.7. The van der Waals surface area contributed by atoms with Crippen LogP contribution in [0.1, 0.15) is 94.4 Å². The molecular weight excluding hydrogens is 533 g/mol. The van der Waals surface area contributed by atoms with E-state index in [0.717, 1.165) is 19.3 Å². The average Bonchev–Trinajstić information content (AvgIpc) is 3.34. The Morgan fingerprint density at radius 1 is 1.02 bits per heavy atom. The summed E-state index contributed by atoms with van der Waals surface area (Å²) in [7, 11) is -2.58. The summed E-state index contributed by atoms with van der Waals surface area (Å²) in [4.78, 5) is 11.6. The smallest absolute Gasteiger partial charge is 0.438 e. The van der Waals surface area contributed by atoms with Crippen molar-refractivity contribution in [1.29, 1.82) is 0 Å². The van der Waals surface area contributed by atoms with Gasteiger partial charge in [-0.3, -0.25) is 0 Å². The van der Waals surface area contributed by atoms with Gasteiger partial charge in [0.1, 0.15) is 6.61 Å². The Kier molecular flexibility index (Phi) is 11.6. The summed E-state index contributed by atoms with van der Waals surface area (Å²) in [5.41, 5.74) is 1.24. The lowest BCUT2D eigenvalue weighted by molar-refractivity contribution is 0.0787. The van der Waals surface area contributed by atoms with Crippen LogP contribution in [0.25, 0.3) is 0 Å². The maximum absolute atomic E-state index is 11.6. The normalized spacial score (nSPS) is 25.2. The number of carbonyl (C=O) groups is 1. The third-order valence-electron chi connectivity index (χ3n) is 10.4. The first-order valence-electron chi connectivity index (χ1n) is 15.6. The lowest BCUT2D eigenvalue weighted by Gasteiger charge is -2.44. The molecule has 7 heteroatoms. The van der Waals surface area contributed by atoms with Gasteiger partial charge in [0, 0.05) is 5.92 Å². The average molecular weight is 595 g/mol. The van der Waals surface area contributed by atoms with Crippen molar-refractivity contribution < 1.29 is 23.1 Å². The van der Waals surface area contributed by atoms with Gasteiger partial charge in [0.2, 0.25) is 0 Å². The summed E-state index contributed by atoms with van der Waals surface area (Å²) in [6.07, 6.45) is 12.3. The van der Waals surface area contributed by atoms with E-state index in [4.69, 9.17) is 18.3 Å². The quantitative estimate of drug-likeness (QED) is 0.128. The second-order valence-corrected chi connectivity index (χ2v) is 25.6. The highest BCUT2D eigenvalue weighted by Gasteiger charge is 2.49. The van der Waals surface area contributed by atoms with Crippen molar-refractivity contribution in [2.24, 2.45) is 23.2 Å². The highest BCUT2D eigenvalue weighted by atomic mass is 28.4. The fraction of sp³-hybridized carbons (Fsp3) is 0.848. The molecule has 0 N–H and O–H groups in total. The molecule has 40 heavy (non-hydrogen) atoms. The topological polar surface area (TPSA) is 54.0 Å². The molecule has 0 heterocycles. The molecular formula is C33H62O5Si2. The molecule has 0 spiro atoms. The van der Waals surface area contributed by atoms with Crippen molar-refractivity contribution in [2.45, 2.75) is 143 Å². The van der Waals surface area contributed by atoms with E-state index in [-0.39, 0.29) is 27.7 Å². The maximum atomic E-state index is 11.6. The minimum Gasteiger partial charge on any atom is -0.438 e. The molecule has 1 fully saturated rings. The summed E-state index contributed by atoms with van der Waals surface area (Å²) in [5.74, 6) is 1.20. The third-order valence-corrected chi connectivity index (χ3v) is 19.4. The number of hydrogen-bond donors (Lipinski definition) is 0. The molecule has 0 aromatic rings. The molecule has 2 aliphatic rings. The van der Waals surface area contributed by atoms with E-state index in [2.05, 4.69) is 107 Å². The number of carbonyl (C=O) groups excluding carboxylic acids is 1. The van der Waals surface area contributed by atoms with Gasteiger partial charge in [-0.15, -0.1) is 0 Å². The van der Waals surface area contributed by atoms with Gasteiger partial charge in [-0.25, -0.2) is 4.79 Å². The van der Waals surface area contributed by atoms with Crippen LogP contribution < -0.4 is 0 Å². The van der Waals surface area contributed by atoms with E-state index in [1.807, 2.05) is 0 Å². The Balaban J connectivity index is 2.41. The molecule has 2 rings (SSSR count). The van der Waals surface area contributed by atoms with E-state index < -0.39 is 22.8 Å². The number of allylic oxidation sites excluding steroid dienone is 1. The molecule has 0 bridgehead atoms. The van der Waals surface area contributed by atoms with Gasteiger partial charge in [0.15, 0.2) is 16.6 Å². The van der Waals surface area contributed by atoms with Crippen LogP contribution in [0.4, 0.5) is 4.79 Å². The molecule has 0 radical (unpaired) electrons. The van der Waals surface area contributed by atoms with Crippen LogP contribution >= 0.6 is 0 Å². The molecule has 0 aromatic heterocycles. The van der Waals surface area contributed by atoms with Crippen molar-refractivity contribution in [2.75, 3.05) is 13.7 Å². The van der Waals surface area contributed by atoms with Crippen LogP contribution in [0.15, 0.2) is 23.8 Å². The van der Waals surface area contributed by atoms with E-state index in [1.54, 1.807) is 0 Å². The van der Waals surface area contributed by atoms with Gasteiger partial charge in [-0.2, -0.15) is 0 Å². The fourth-order valence-electron chi connectivity index (χ4n) is 5.54. The Bertz CT molecular complexity index is 907. The second-order valence-electron chi connectivity index (χ2n) is 16.1. The largest absolute Gasteiger partial charge is 0.508 e. The van der Waals surface area contributed by atoms with Crippen molar-refractivity contribution in [1.82, 2.24) is 0 Å². The van der Waals surface area contributed by atoms with E-state index in [9.17, 15) is 4.79 Å². The number of ether oxygens (including phenoxy) is 2. The van der Waals surface area contributed by atoms with Gasteiger partial charge < -0.3 is 18.3 Å². The lowest BCUT2D eigenvalue weighted by Crippen LogP contribution is -2.47. The minimum absolute atomic E-state index is 0.0449. The summed E-state index contributed by atoms with van der Waals surface area (Å²) < 4.78 is 24.3. The highest BCUT2D eigenvalue weighted by Crippen LogP contribution is 2.51. The second kappa shape index (κ2) is 13.2. The van der Waals surface area contributed by atoms with Crippen molar-refractivity contribution in [3.63, 3.8) is 0 Å². The Morgan fingerprint density at radius 2 is 1.62 bits per heavy atom. The van der Waals surface area contributed by atoms with E-state index in [1.165, 1.54) is 25.5 Å². The number of fused-ring (bicyclic) bond motifs is 1. The standard InChI is InChI=1S/C33H62O5Si2/c1-15-16-19-33(8,9)29(38-40(13,14)32(5,6)7)18-17-26-27-21-24(23-36-30(34)35-10)20-25(27)22-28(26)37-39(11,12)31(2,3)4/h17-18,20,25-29H,15-16,19,21-23H2,1-14H3/b18-17+/t25-,26-,27-,28+,29-/m0/s1. The molecule has 5 nitrogen and oxygen atoms in total. The van der Waals surface area contributed by atoms with Crippen LogP contribution in [-0.4, -0.2) is 48.7 Å². The molecule has 0 unspecified atom stereocenters. The molecule has 0 saturated heterocycles. The van der Waals surface area contributed by atoms with Crippen LogP contribution in [0, 0.1) is 23.2 Å². The Hall–Kier alpha value is -0.896. The zero-order valence-electron chi connectivity index (χ0n) is 28.4. The Morgan fingerprint density at radius 3 is 2.15 bits per heavy atom. The van der Waals surface area contributed by atoms with E-state index in [0.29, 0.717) is 24.4 Å². The maximum Gasteiger partial charge on any atom is 0.508 e. The van der Waals surface area contributed by atoms with Gasteiger partial charge in [-0.05, 0) is 78.4 Å². The molecule has 5 atom stereocenters. The number of hydrogen-bond acceptors (Lipinski definition) is 5. The number of rotatable bonds is 12. The van der Waals surface area contributed by atoms with Gasteiger partial charge in [0.25, 0.3) is 0 Å². The summed E-state index contributed by atoms with van der Waals surface area (Å²) in [6, 6.07) is 0. The fourth-order valence-corrected chi connectivity index (χ4v) is 8.29. The molecule has 1 saturated carbocycles. The van der Waals surface area contributed by atoms with E-state index >= 15 is 0 Å². The van der Waals surface area contributed by atoms with Crippen LogP contribution in [-0.2, 0) is 18.3 Å². The van der Waals surface area contributed by atoms with Crippen LogP contribution in [0.2, 0.25) is 36.3 Å². The minimum atomic E-state index is -1.98. The molecule has 232 valence electrons. The predicted octanol–water partition coefficient (Wildman–Crippen LogP) is 9.91. The summed E-state index contributed by atoms with van der Waals surface area (Å²) in [5, 5.41) is 0.306.